The van der Waals surface area contributed by atoms with Gasteiger partial charge in [0, 0.05) is 31.1 Å². The summed E-state index contributed by atoms with van der Waals surface area (Å²) in [5.74, 6) is -0.0243. The number of aliphatic hydroxyl groups excluding tert-OH is 2. The molecule has 3 aliphatic rings. The van der Waals surface area contributed by atoms with Crippen LogP contribution >= 0.6 is 0 Å². The Kier molecular flexibility index (Phi) is 14.6. The van der Waals surface area contributed by atoms with E-state index in [1.165, 1.54) is 7.11 Å². The van der Waals surface area contributed by atoms with Crippen molar-refractivity contribution in [1.82, 2.24) is 4.90 Å². The van der Waals surface area contributed by atoms with Crippen LogP contribution in [0.1, 0.15) is 82.8 Å². The molecule has 346 valence electrons. The molecular formula is C56H64N2O8. The van der Waals surface area contributed by atoms with Gasteiger partial charge in [0.15, 0.2) is 0 Å². The Balaban J connectivity index is 1.32. The number of unbranched alkanes of at least 4 members (excludes halogenated alkanes) is 2. The second-order valence-electron chi connectivity index (χ2n) is 18.7. The van der Waals surface area contributed by atoms with E-state index in [9.17, 15) is 15.0 Å². The maximum absolute atomic E-state index is 14.5. The summed E-state index contributed by atoms with van der Waals surface area (Å²) in [4.78, 5) is 22.6. The van der Waals surface area contributed by atoms with Crippen molar-refractivity contribution in [3.63, 3.8) is 0 Å². The number of fused-ring (bicyclic) bond motifs is 3. The molecule has 1 heterocycles. The predicted octanol–water partition coefficient (Wildman–Crippen LogP) is 12.0. The second kappa shape index (κ2) is 20.7. The van der Waals surface area contributed by atoms with Crippen molar-refractivity contribution in [2.24, 2.45) is 22.9 Å². The minimum Gasteiger partial charge on any atom is -0.459 e. The van der Waals surface area contributed by atoms with Crippen LogP contribution in [0.2, 0.25) is 0 Å². The maximum atomic E-state index is 14.5. The van der Waals surface area contributed by atoms with Gasteiger partial charge in [0.05, 0.1) is 31.9 Å². The summed E-state index contributed by atoms with van der Waals surface area (Å²) in [5, 5.41) is 27.1. The van der Waals surface area contributed by atoms with Gasteiger partial charge in [0.25, 0.3) is 0 Å². The number of carbonyl (C=O) groups is 1. The number of amides is 1. The Bertz CT molecular complexity index is 2510. The fraction of sp³-hybridized carbons (Fsp3) is 0.393. The first kappa shape index (κ1) is 46.6. The van der Waals surface area contributed by atoms with Crippen LogP contribution in [0, 0.1) is 17.8 Å². The normalized spacial score (nSPS) is 22.7. The van der Waals surface area contributed by atoms with Crippen LogP contribution in [0.5, 0.6) is 17.2 Å². The van der Waals surface area contributed by atoms with E-state index in [2.05, 4.69) is 61.2 Å². The van der Waals surface area contributed by atoms with Gasteiger partial charge in [-0.25, -0.2) is 4.79 Å². The van der Waals surface area contributed by atoms with Gasteiger partial charge in [-0.05, 0) is 122 Å². The standard InChI is InChI=1S/C56H64N2O8/c1-6-33-63-56-51(58(54(61)62-5)37-42-22-16-21-40-19-10-11-23-45(40)42)36-49(57-66-55(2,3)4)47-34-41(20-12-14-31-59)46(24-13-15-32-60)52(53(47)56)48-35-44(29-30-50(48)65-56)64-43-27-25-39(26-28-43)38-17-8-7-9-18-38/h6-11,16-19,21-23,25-30,34-35,41,46,51-53,59-60H,1,12-15,20,24,31-33,36-37H2,2-5H3/t41-,46+,51-,52+,53+,56+/m0/s1. The van der Waals surface area contributed by atoms with Crippen LogP contribution in [0.15, 0.2) is 145 Å². The average molecular weight is 893 g/mol. The Morgan fingerprint density at radius 3 is 2.29 bits per heavy atom. The fourth-order valence-electron chi connectivity index (χ4n) is 10.4. The molecule has 0 bridgehead atoms. The highest BCUT2D eigenvalue weighted by atomic mass is 16.7. The van der Waals surface area contributed by atoms with Gasteiger partial charge in [-0.2, -0.15) is 0 Å². The van der Waals surface area contributed by atoms with Crippen molar-refractivity contribution in [3.8, 4) is 28.4 Å². The maximum Gasteiger partial charge on any atom is 0.410 e. The number of carbonyl (C=O) groups excluding carboxylic acids is 1. The molecule has 2 aliphatic carbocycles. The van der Waals surface area contributed by atoms with Crippen molar-refractivity contribution in [2.75, 3.05) is 26.9 Å². The molecule has 8 rings (SSSR count). The number of ether oxygens (including phenoxy) is 4. The Labute approximate surface area is 389 Å². The van der Waals surface area contributed by atoms with E-state index in [0.717, 1.165) is 64.3 Å². The van der Waals surface area contributed by atoms with Gasteiger partial charge in [0.1, 0.15) is 28.9 Å². The number of oxime groups is 1. The molecule has 2 N–H and O–H groups in total. The van der Waals surface area contributed by atoms with Crippen LogP contribution < -0.4 is 9.47 Å². The molecule has 6 atom stereocenters. The van der Waals surface area contributed by atoms with Gasteiger partial charge in [-0.1, -0.05) is 115 Å². The number of hydrogen-bond donors (Lipinski definition) is 2. The summed E-state index contributed by atoms with van der Waals surface area (Å²) in [6, 6.07) is 37.9. The lowest BCUT2D eigenvalue weighted by atomic mass is 9.55. The zero-order chi connectivity index (χ0) is 46.3. The van der Waals surface area contributed by atoms with Gasteiger partial charge in [0.2, 0.25) is 5.79 Å². The molecule has 0 spiro atoms. The first-order valence-corrected chi connectivity index (χ1v) is 23.5. The van der Waals surface area contributed by atoms with Crippen molar-refractivity contribution < 1.29 is 38.8 Å². The predicted molar refractivity (Wildman–Crippen MR) is 260 cm³/mol. The molecule has 1 saturated carbocycles. The van der Waals surface area contributed by atoms with E-state index in [0.29, 0.717) is 35.8 Å². The van der Waals surface area contributed by atoms with E-state index in [4.69, 9.17) is 28.9 Å². The lowest BCUT2D eigenvalue weighted by molar-refractivity contribution is -0.256. The van der Waals surface area contributed by atoms with Gasteiger partial charge < -0.3 is 34.0 Å². The fourth-order valence-corrected chi connectivity index (χ4v) is 10.4. The third-order valence-electron chi connectivity index (χ3n) is 13.3. The SMILES string of the molecule is C=CCO[C@@]12Oc3ccc(Oc4ccc(-c5ccccc5)cc4)cc3[C@H]3[C@H](CCCCO)[C@@H](CCCCO)C=C(C(=NOC(C)(C)C)C[C@@H]1N(Cc1cccc4ccccc14)C(=O)OC)[C@H]32. The van der Waals surface area contributed by atoms with E-state index in [1.807, 2.05) is 87.5 Å². The minimum atomic E-state index is -1.45. The van der Waals surface area contributed by atoms with Crippen LogP contribution in [0.3, 0.4) is 0 Å². The summed E-state index contributed by atoms with van der Waals surface area (Å²) in [7, 11) is 1.41. The largest absolute Gasteiger partial charge is 0.459 e. The summed E-state index contributed by atoms with van der Waals surface area (Å²) in [5.41, 5.74) is 5.21. The monoisotopic (exact) mass is 892 g/mol. The number of allylic oxidation sites excluding steroid dienone is 1. The molecule has 0 aromatic heterocycles. The van der Waals surface area contributed by atoms with Crippen LogP contribution in [0.4, 0.5) is 4.79 Å². The highest BCUT2D eigenvalue weighted by Gasteiger charge is 2.65. The topological polar surface area (TPSA) is 119 Å². The molecule has 0 saturated heterocycles. The van der Waals surface area contributed by atoms with Crippen LogP contribution in [-0.4, -0.2) is 71.3 Å². The van der Waals surface area contributed by atoms with Gasteiger partial charge in [-0.3, -0.25) is 4.90 Å². The first-order chi connectivity index (χ1) is 32.1. The zero-order valence-electron chi connectivity index (χ0n) is 38.7. The third kappa shape index (κ3) is 9.92. The van der Waals surface area contributed by atoms with E-state index >= 15 is 0 Å². The highest BCUT2D eigenvalue weighted by Crippen LogP contribution is 2.62. The van der Waals surface area contributed by atoms with Crippen molar-refractivity contribution in [2.45, 2.75) is 95.6 Å². The minimum absolute atomic E-state index is 0.0481. The quantitative estimate of drug-likeness (QED) is 0.0507. The molecule has 66 heavy (non-hydrogen) atoms. The zero-order valence-corrected chi connectivity index (χ0v) is 38.7. The first-order valence-electron chi connectivity index (χ1n) is 23.5. The molecule has 0 unspecified atom stereocenters. The molecule has 1 amide bonds. The summed E-state index contributed by atoms with van der Waals surface area (Å²) in [6.45, 7) is 10.5. The van der Waals surface area contributed by atoms with E-state index in [1.54, 1.807) is 11.0 Å². The van der Waals surface area contributed by atoms with E-state index in [-0.39, 0.29) is 50.5 Å². The summed E-state index contributed by atoms with van der Waals surface area (Å²) < 4.78 is 27.0. The molecule has 1 aliphatic heterocycles. The molecule has 0 radical (unpaired) electrons. The molecule has 5 aromatic rings. The van der Waals surface area contributed by atoms with Crippen molar-refractivity contribution in [1.29, 1.82) is 0 Å². The molecule has 10 nitrogen and oxygen atoms in total. The molecule has 5 aromatic carbocycles. The number of benzene rings is 5. The Morgan fingerprint density at radius 2 is 1.56 bits per heavy atom. The number of nitrogens with zero attached hydrogens (tertiary/aromatic N) is 2. The molecular weight excluding hydrogens is 829 g/mol. The lowest BCUT2D eigenvalue weighted by Gasteiger charge is -2.60. The van der Waals surface area contributed by atoms with Gasteiger partial charge in [-0.15, -0.1) is 6.58 Å². The lowest BCUT2D eigenvalue weighted by Crippen LogP contribution is -2.70. The Morgan fingerprint density at radius 1 is 0.864 bits per heavy atom. The number of hydrogen-bond acceptors (Lipinski definition) is 9. The smallest absolute Gasteiger partial charge is 0.410 e. The number of aliphatic hydroxyl groups is 2. The number of rotatable bonds is 18. The van der Waals surface area contributed by atoms with Crippen LogP contribution in [0.25, 0.3) is 21.9 Å². The third-order valence-corrected chi connectivity index (χ3v) is 13.3. The number of methoxy groups -OCH3 is 1. The van der Waals surface area contributed by atoms with Crippen molar-refractivity contribution in [3.05, 3.63) is 151 Å². The molecule has 1 fully saturated rings. The van der Waals surface area contributed by atoms with Crippen molar-refractivity contribution >= 4 is 22.6 Å². The van der Waals surface area contributed by atoms with Crippen LogP contribution in [-0.2, 0) is 20.9 Å². The summed E-state index contributed by atoms with van der Waals surface area (Å²) in [6.07, 6.45) is 8.42. The second-order valence-corrected chi connectivity index (χ2v) is 18.7. The average Bonchev–Trinajstić information content (AvgIpc) is 3.33. The summed E-state index contributed by atoms with van der Waals surface area (Å²) >= 11 is 0. The molecule has 10 heteroatoms. The Hall–Kier alpha value is -5.94. The van der Waals surface area contributed by atoms with Gasteiger partial charge >= 0.3 is 6.09 Å². The highest BCUT2D eigenvalue weighted by molar-refractivity contribution is 6.03. The van der Waals surface area contributed by atoms with E-state index < -0.39 is 29.4 Å².